The van der Waals surface area contributed by atoms with Gasteiger partial charge in [-0.25, -0.2) is 0 Å². The lowest BCUT2D eigenvalue weighted by Crippen LogP contribution is -2.57. The van der Waals surface area contributed by atoms with E-state index in [1.807, 2.05) is 32.0 Å². The number of unbranched alkanes of at least 4 members (excludes halogenated alkanes) is 1. The minimum absolute atomic E-state index is 0.0196. The topological polar surface area (TPSA) is 87.2 Å². The highest BCUT2D eigenvalue weighted by atomic mass is 32.2. The number of anilines is 1. The number of fused-ring (bicyclic) bond motifs is 1. The van der Waals surface area contributed by atoms with Crippen LogP contribution in [0.5, 0.6) is 0 Å². The molecular formula is C30H40N2O5S. The molecule has 0 aliphatic carbocycles. The molecule has 0 aromatic heterocycles. The van der Waals surface area contributed by atoms with Crippen molar-refractivity contribution in [3.05, 3.63) is 54.6 Å². The van der Waals surface area contributed by atoms with Gasteiger partial charge in [0.25, 0.3) is 5.91 Å². The molecule has 2 bridgehead atoms. The van der Waals surface area contributed by atoms with Crippen molar-refractivity contribution < 1.29 is 24.2 Å². The Morgan fingerprint density at radius 1 is 1.26 bits per heavy atom. The molecule has 3 heterocycles. The van der Waals surface area contributed by atoms with Crippen LogP contribution in [-0.2, 0) is 19.1 Å². The van der Waals surface area contributed by atoms with Crippen LogP contribution in [-0.4, -0.2) is 70.1 Å². The number of rotatable bonds is 12. The smallest absolute Gasteiger partial charge is 0.310 e. The van der Waals surface area contributed by atoms with Crippen LogP contribution in [0.4, 0.5) is 5.69 Å². The number of thioether (sulfide) groups is 1. The molecule has 1 N–H and O–H groups in total. The van der Waals surface area contributed by atoms with Gasteiger partial charge in [0, 0.05) is 30.6 Å². The van der Waals surface area contributed by atoms with Crippen molar-refractivity contribution in [3.8, 4) is 0 Å². The summed E-state index contributed by atoms with van der Waals surface area (Å²) in [7, 11) is 0. The summed E-state index contributed by atoms with van der Waals surface area (Å²) in [4.78, 5) is 45.5. The van der Waals surface area contributed by atoms with Gasteiger partial charge in [-0.05, 0) is 62.6 Å². The van der Waals surface area contributed by atoms with E-state index in [0.29, 0.717) is 32.4 Å². The maximum Gasteiger partial charge on any atom is 0.310 e. The fourth-order valence-electron chi connectivity index (χ4n) is 6.63. The minimum atomic E-state index is -0.713. The first kappa shape index (κ1) is 28.4. The van der Waals surface area contributed by atoms with Crippen molar-refractivity contribution in [2.75, 3.05) is 31.2 Å². The second kappa shape index (κ2) is 11.7. The molecule has 2 amide bonds. The predicted molar refractivity (Wildman–Crippen MR) is 151 cm³/mol. The van der Waals surface area contributed by atoms with Crippen molar-refractivity contribution in [2.45, 2.75) is 62.5 Å². The summed E-state index contributed by atoms with van der Waals surface area (Å²) in [6.45, 7) is 14.6. The van der Waals surface area contributed by atoms with Gasteiger partial charge in [0.15, 0.2) is 0 Å². The molecule has 206 valence electrons. The molecule has 3 saturated heterocycles. The second-order valence-corrected chi connectivity index (χ2v) is 12.3. The zero-order chi connectivity index (χ0) is 27.6. The fourth-order valence-corrected chi connectivity index (χ4v) is 9.04. The van der Waals surface area contributed by atoms with Gasteiger partial charge in [0.05, 0.1) is 23.2 Å². The number of carbonyl (C=O) groups is 3. The number of amides is 2. The Morgan fingerprint density at radius 3 is 2.71 bits per heavy atom. The molecule has 3 fully saturated rings. The van der Waals surface area contributed by atoms with E-state index in [0.717, 1.165) is 23.2 Å². The van der Waals surface area contributed by atoms with Gasteiger partial charge in [-0.3, -0.25) is 14.4 Å². The molecule has 0 saturated carbocycles. The Balaban J connectivity index is 1.77. The standard InChI is InChI=1S/C30H40N2O5S/c1-6-8-16-37-29(36)24-23-18-21(5)30(38-23)25(24)27(34)32(14-9-10-15-33)26(30)28(35)31(13-7-2)22-17-19(3)11-12-20(22)4/h6-7,11-12,17,21,23-26,33H,1-2,8-10,13-16,18H2,3-5H3/t21?,23-,24+,25-,26?,30?/m0/s1. The molecule has 1 spiro atoms. The van der Waals surface area contributed by atoms with Crippen LogP contribution in [0.15, 0.2) is 43.5 Å². The number of ether oxygens (including phenoxy) is 1. The number of benzene rings is 1. The second-order valence-electron chi connectivity index (χ2n) is 10.8. The molecule has 38 heavy (non-hydrogen) atoms. The number of aryl methyl sites for hydroxylation is 2. The summed E-state index contributed by atoms with van der Waals surface area (Å²) >= 11 is 1.65. The van der Waals surface area contributed by atoms with E-state index in [4.69, 9.17) is 4.74 Å². The highest BCUT2D eigenvalue weighted by Crippen LogP contribution is 2.68. The van der Waals surface area contributed by atoms with Crippen molar-refractivity contribution in [1.82, 2.24) is 4.90 Å². The van der Waals surface area contributed by atoms with Crippen molar-refractivity contribution in [2.24, 2.45) is 17.8 Å². The zero-order valence-electron chi connectivity index (χ0n) is 22.7. The molecule has 1 aromatic carbocycles. The third kappa shape index (κ3) is 4.70. The van der Waals surface area contributed by atoms with Crippen LogP contribution in [0.3, 0.4) is 0 Å². The number of likely N-dealkylation sites (tertiary alicyclic amines) is 1. The average Bonchev–Trinajstić information content (AvgIpc) is 3.48. The highest BCUT2D eigenvalue weighted by molar-refractivity contribution is 8.02. The van der Waals surface area contributed by atoms with Crippen LogP contribution >= 0.6 is 11.8 Å². The zero-order valence-corrected chi connectivity index (χ0v) is 23.5. The van der Waals surface area contributed by atoms with Crippen molar-refractivity contribution in [3.63, 3.8) is 0 Å². The molecule has 6 atom stereocenters. The van der Waals surface area contributed by atoms with E-state index in [-0.39, 0.29) is 42.2 Å². The number of esters is 1. The number of aliphatic hydroxyl groups is 1. The van der Waals surface area contributed by atoms with Gasteiger partial charge >= 0.3 is 5.97 Å². The monoisotopic (exact) mass is 540 g/mol. The lowest BCUT2D eigenvalue weighted by Gasteiger charge is -2.40. The highest BCUT2D eigenvalue weighted by Gasteiger charge is 2.76. The maximum absolute atomic E-state index is 14.6. The summed E-state index contributed by atoms with van der Waals surface area (Å²) < 4.78 is 4.87. The largest absolute Gasteiger partial charge is 0.465 e. The van der Waals surface area contributed by atoms with Gasteiger partial charge in [0.2, 0.25) is 5.91 Å². The molecule has 0 radical (unpaired) electrons. The molecule has 4 rings (SSSR count). The first-order valence-corrected chi connectivity index (χ1v) is 14.5. The first-order chi connectivity index (χ1) is 18.2. The molecule has 3 unspecified atom stereocenters. The van der Waals surface area contributed by atoms with E-state index in [1.54, 1.807) is 33.7 Å². The number of hydrogen-bond acceptors (Lipinski definition) is 6. The normalized spacial score (nSPS) is 29.3. The van der Waals surface area contributed by atoms with Crippen LogP contribution in [0.25, 0.3) is 0 Å². The molecule has 3 aliphatic heterocycles. The predicted octanol–water partition coefficient (Wildman–Crippen LogP) is 4.05. The molecule has 3 aliphatic rings. The number of aliphatic hydroxyl groups excluding tert-OH is 1. The Hall–Kier alpha value is -2.58. The third-order valence-corrected chi connectivity index (χ3v) is 10.4. The summed E-state index contributed by atoms with van der Waals surface area (Å²) in [5, 5.41) is 9.35. The average molecular weight is 541 g/mol. The van der Waals surface area contributed by atoms with Crippen LogP contribution in [0, 0.1) is 31.6 Å². The maximum atomic E-state index is 14.6. The quantitative estimate of drug-likeness (QED) is 0.245. The summed E-state index contributed by atoms with van der Waals surface area (Å²) in [5.41, 5.74) is 2.82. The lowest BCUT2D eigenvalue weighted by molar-refractivity contribution is -0.154. The minimum Gasteiger partial charge on any atom is -0.465 e. The number of hydrogen-bond donors (Lipinski definition) is 1. The lowest BCUT2D eigenvalue weighted by atomic mass is 9.66. The summed E-state index contributed by atoms with van der Waals surface area (Å²) in [6.07, 6.45) is 5.84. The van der Waals surface area contributed by atoms with E-state index < -0.39 is 22.6 Å². The SMILES string of the molecule is C=CCCOC(=O)[C@@H]1[C@@H]2CC(C)C3(S2)C(C(=O)N(CC=C)c2cc(C)ccc2C)N(CCCCO)C(=O)[C@H]13. The van der Waals surface area contributed by atoms with Gasteiger partial charge in [-0.2, -0.15) is 0 Å². The van der Waals surface area contributed by atoms with Crippen molar-refractivity contribution >= 4 is 35.2 Å². The van der Waals surface area contributed by atoms with E-state index in [9.17, 15) is 19.5 Å². The van der Waals surface area contributed by atoms with E-state index >= 15 is 0 Å². The van der Waals surface area contributed by atoms with Crippen LogP contribution in [0.1, 0.15) is 43.7 Å². The van der Waals surface area contributed by atoms with E-state index in [1.165, 1.54) is 0 Å². The van der Waals surface area contributed by atoms with Gasteiger partial charge in [0.1, 0.15) is 6.04 Å². The Bertz CT molecular complexity index is 1110. The number of nitrogens with zero attached hydrogens (tertiary/aromatic N) is 2. The van der Waals surface area contributed by atoms with Crippen molar-refractivity contribution in [1.29, 1.82) is 0 Å². The third-order valence-electron chi connectivity index (χ3n) is 8.36. The van der Waals surface area contributed by atoms with Gasteiger partial charge in [-0.1, -0.05) is 31.2 Å². The Labute approximate surface area is 230 Å². The van der Waals surface area contributed by atoms with Crippen LogP contribution < -0.4 is 4.90 Å². The summed E-state index contributed by atoms with van der Waals surface area (Å²) in [6, 6.07) is 5.31. The molecule has 8 heteroatoms. The summed E-state index contributed by atoms with van der Waals surface area (Å²) in [5.74, 6) is -1.74. The molecule has 1 aromatic rings. The Morgan fingerprint density at radius 2 is 2.03 bits per heavy atom. The molecule has 7 nitrogen and oxygen atoms in total. The van der Waals surface area contributed by atoms with Gasteiger partial charge in [-0.15, -0.1) is 24.9 Å². The Kier molecular flexibility index (Phi) is 8.72. The van der Waals surface area contributed by atoms with Gasteiger partial charge < -0.3 is 19.6 Å². The van der Waals surface area contributed by atoms with E-state index in [2.05, 4.69) is 20.1 Å². The van der Waals surface area contributed by atoms with Crippen LogP contribution in [0.2, 0.25) is 0 Å². The fraction of sp³-hybridized carbons (Fsp3) is 0.567. The first-order valence-electron chi connectivity index (χ1n) is 13.6. The number of carbonyl (C=O) groups excluding carboxylic acids is 3. The molecular weight excluding hydrogens is 500 g/mol.